The molecule has 13 nitrogen and oxygen atoms in total. The van der Waals surface area contributed by atoms with E-state index in [0.717, 1.165) is 0 Å². The molecule has 15 heavy (non-hydrogen) atoms. The molecule has 0 aliphatic heterocycles. The first kappa shape index (κ1) is 46.9. The highest BCUT2D eigenvalue weighted by Crippen LogP contribution is 1.59. The fourth-order valence-corrected chi connectivity index (χ4v) is 0. The van der Waals surface area contributed by atoms with Gasteiger partial charge in [0.25, 0.3) is 0 Å². The lowest BCUT2D eigenvalue weighted by atomic mass is 15.8. The lowest BCUT2D eigenvalue weighted by molar-refractivity contribution is 0.378. The summed E-state index contributed by atoms with van der Waals surface area (Å²) >= 11 is 0. The van der Waals surface area contributed by atoms with Gasteiger partial charge in [-0.25, -0.2) is 0 Å². The summed E-state index contributed by atoms with van der Waals surface area (Å²) in [6, 6.07) is 0. The van der Waals surface area contributed by atoms with Crippen molar-refractivity contribution in [3.63, 3.8) is 0 Å². The molecule has 0 atom stereocenters. The van der Waals surface area contributed by atoms with Crippen LogP contribution in [0.4, 0.5) is 0 Å². The standard InChI is InChI=1S/2H2O4S.5H2O/c2*1-5(2,3)4;;;;;/h2*(H2,1,2,3,4);5*1H2. The average Bonchev–Trinajstić information content (AvgIpc) is 1.12. The first-order valence-corrected chi connectivity index (χ1v) is 4.19. The summed E-state index contributed by atoms with van der Waals surface area (Å²) < 4.78 is 63.2. The van der Waals surface area contributed by atoms with Gasteiger partial charge in [0.05, 0.1) is 0 Å². The summed E-state index contributed by atoms with van der Waals surface area (Å²) in [6.07, 6.45) is 0. The van der Waals surface area contributed by atoms with Crippen molar-refractivity contribution in [3.05, 3.63) is 0 Å². The molecule has 0 saturated heterocycles. The molecule has 0 rings (SSSR count). The van der Waals surface area contributed by atoms with Crippen molar-refractivity contribution in [1.29, 1.82) is 0 Å². The smallest absolute Gasteiger partial charge is 0.394 e. The molecule has 0 unspecified atom stereocenters. The van der Waals surface area contributed by atoms with Crippen LogP contribution in [0, 0.1) is 0 Å². The topological polar surface area (TPSA) is 307 Å². The normalized spacial score (nSPS) is 7.73. The predicted molar refractivity (Wildman–Crippen MR) is 46.4 cm³/mol. The second kappa shape index (κ2) is 16.0. The van der Waals surface area contributed by atoms with Crippen LogP contribution in [0.2, 0.25) is 0 Å². The molecular weight excluding hydrogens is 272 g/mol. The van der Waals surface area contributed by atoms with Gasteiger partial charge < -0.3 is 27.4 Å². The van der Waals surface area contributed by atoms with E-state index >= 15 is 0 Å². The van der Waals surface area contributed by atoms with E-state index in [1.54, 1.807) is 0 Å². The fraction of sp³-hybridized carbons (Fsp3) is 0. The fourth-order valence-electron chi connectivity index (χ4n) is 0. The second-order valence-electron chi connectivity index (χ2n) is 0.896. The van der Waals surface area contributed by atoms with Gasteiger partial charge in [0, 0.05) is 0 Å². The molecule has 0 aromatic rings. The molecular formula is H14O13S2. The van der Waals surface area contributed by atoms with Crippen molar-refractivity contribution in [3.8, 4) is 0 Å². The highest BCUT2D eigenvalue weighted by atomic mass is 32.3. The summed E-state index contributed by atoms with van der Waals surface area (Å²) in [5, 5.41) is 0. The predicted octanol–water partition coefficient (Wildman–Crippen LogP) is -5.43. The Bertz CT molecular complexity index is 205. The molecule has 0 radical (unpaired) electrons. The molecule has 0 heterocycles. The SMILES string of the molecule is O.O.O.O.O.O=S(=O)(O)O.O=S(=O)(O)O. The summed E-state index contributed by atoms with van der Waals surface area (Å²) in [6.45, 7) is 0. The third-order valence-corrected chi connectivity index (χ3v) is 0. The third kappa shape index (κ3) is 8520. The minimum absolute atomic E-state index is 0. The van der Waals surface area contributed by atoms with Gasteiger partial charge in [-0.1, -0.05) is 0 Å². The van der Waals surface area contributed by atoms with Crippen molar-refractivity contribution in [2.45, 2.75) is 0 Å². The average molecular weight is 286 g/mol. The lowest BCUT2D eigenvalue weighted by Crippen LogP contribution is -1.89. The van der Waals surface area contributed by atoms with E-state index in [1.165, 1.54) is 0 Å². The Labute approximate surface area is 84.0 Å². The number of hydrogen-bond acceptors (Lipinski definition) is 4. The molecule has 0 aromatic carbocycles. The van der Waals surface area contributed by atoms with Crippen LogP contribution in [0.1, 0.15) is 0 Å². The van der Waals surface area contributed by atoms with Gasteiger partial charge in [0.1, 0.15) is 0 Å². The Kier molecular flexibility index (Phi) is 50.0. The van der Waals surface area contributed by atoms with E-state index in [2.05, 4.69) is 0 Å². The third-order valence-electron chi connectivity index (χ3n) is 0. The van der Waals surface area contributed by atoms with E-state index < -0.39 is 20.8 Å². The molecule has 0 spiro atoms. The molecule has 0 fully saturated rings. The molecule has 14 N–H and O–H groups in total. The van der Waals surface area contributed by atoms with Crippen molar-refractivity contribution in [2.24, 2.45) is 0 Å². The first-order valence-electron chi connectivity index (χ1n) is 1.40. The Balaban J connectivity index is -0.0000000128. The molecule has 0 aromatic heterocycles. The van der Waals surface area contributed by atoms with Gasteiger partial charge >= 0.3 is 20.8 Å². The van der Waals surface area contributed by atoms with Gasteiger partial charge in [-0.15, -0.1) is 0 Å². The van der Waals surface area contributed by atoms with Gasteiger partial charge in [0.2, 0.25) is 0 Å². The Morgan fingerprint density at radius 2 is 0.467 bits per heavy atom. The molecule has 0 aliphatic carbocycles. The van der Waals surface area contributed by atoms with E-state index in [4.69, 9.17) is 35.0 Å². The van der Waals surface area contributed by atoms with Gasteiger partial charge in [-0.3, -0.25) is 18.2 Å². The van der Waals surface area contributed by atoms with Crippen LogP contribution in [0.5, 0.6) is 0 Å². The first-order chi connectivity index (χ1) is 4.00. The Morgan fingerprint density at radius 3 is 0.467 bits per heavy atom. The van der Waals surface area contributed by atoms with Crippen LogP contribution in [-0.4, -0.2) is 62.4 Å². The largest absolute Gasteiger partial charge is 0.412 e. The van der Waals surface area contributed by atoms with Crippen molar-refractivity contribution in [2.75, 3.05) is 0 Å². The minimum atomic E-state index is -4.67. The minimum Gasteiger partial charge on any atom is -0.412 e. The van der Waals surface area contributed by atoms with Crippen LogP contribution in [-0.2, 0) is 20.8 Å². The summed E-state index contributed by atoms with van der Waals surface area (Å²) in [4.78, 5) is 0. The molecule has 0 saturated carbocycles. The zero-order valence-electron chi connectivity index (χ0n) is 6.74. The second-order valence-corrected chi connectivity index (χ2v) is 2.69. The van der Waals surface area contributed by atoms with Crippen LogP contribution in [0.15, 0.2) is 0 Å². The zero-order valence-corrected chi connectivity index (χ0v) is 8.37. The van der Waals surface area contributed by atoms with Gasteiger partial charge in [0.15, 0.2) is 0 Å². The van der Waals surface area contributed by atoms with Crippen molar-refractivity contribution in [1.82, 2.24) is 0 Å². The maximum atomic E-state index is 8.74. The van der Waals surface area contributed by atoms with E-state index in [9.17, 15) is 0 Å². The van der Waals surface area contributed by atoms with Crippen molar-refractivity contribution >= 4 is 20.8 Å². The summed E-state index contributed by atoms with van der Waals surface area (Å²) in [5.74, 6) is 0. The lowest BCUT2D eigenvalue weighted by Gasteiger charge is -1.68. The van der Waals surface area contributed by atoms with E-state index in [1.807, 2.05) is 0 Å². The maximum absolute atomic E-state index is 8.74. The highest BCUT2D eigenvalue weighted by molar-refractivity contribution is 7.80. The Morgan fingerprint density at radius 1 is 0.467 bits per heavy atom. The molecule has 0 aliphatic rings. The van der Waals surface area contributed by atoms with E-state index in [-0.39, 0.29) is 27.4 Å². The highest BCUT2D eigenvalue weighted by Gasteiger charge is 1.85. The molecule has 0 amide bonds. The van der Waals surface area contributed by atoms with E-state index in [0.29, 0.717) is 0 Å². The molecule has 15 heteroatoms. The quantitative estimate of drug-likeness (QED) is 0.310. The van der Waals surface area contributed by atoms with Crippen molar-refractivity contribution < 1.29 is 62.4 Å². The summed E-state index contributed by atoms with van der Waals surface area (Å²) in [7, 11) is -9.33. The molecule has 0 bridgehead atoms. The maximum Gasteiger partial charge on any atom is 0.394 e. The molecule has 104 valence electrons. The van der Waals surface area contributed by atoms with Gasteiger partial charge in [-0.2, -0.15) is 16.8 Å². The summed E-state index contributed by atoms with van der Waals surface area (Å²) in [5.41, 5.74) is 0. The number of rotatable bonds is 0. The van der Waals surface area contributed by atoms with Crippen LogP contribution in [0.25, 0.3) is 0 Å². The monoisotopic (exact) mass is 286 g/mol. The zero-order chi connectivity index (χ0) is 9.00. The number of hydrogen-bond donors (Lipinski definition) is 4. The Hall–Kier alpha value is -0.460. The van der Waals surface area contributed by atoms with Gasteiger partial charge in [-0.05, 0) is 0 Å². The van der Waals surface area contributed by atoms with Crippen LogP contribution >= 0.6 is 0 Å². The van der Waals surface area contributed by atoms with Crippen LogP contribution < -0.4 is 0 Å². The van der Waals surface area contributed by atoms with Crippen LogP contribution in [0.3, 0.4) is 0 Å².